The van der Waals surface area contributed by atoms with Crippen LogP contribution in [0.25, 0.3) is 0 Å². The first-order chi connectivity index (χ1) is 9.66. The summed E-state index contributed by atoms with van der Waals surface area (Å²) < 4.78 is 5.77. The van der Waals surface area contributed by atoms with E-state index >= 15 is 0 Å². The van der Waals surface area contributed by atoms with E-state index in [1.807, 2.05) is 38.1 Å². The van der Waals surface area contributed by atoms with Crippen LogP contribution in [0.2, 0.25) is 0 Å². The summed E-state index contributed by atoms with van der Waals surface area (Å²) in [6, 6.07) is 8.13. The Bertz CT molecular complexity index is 436. The molecule has 0 radical (unpaired) electrons. The van der Waals surface area contributed by atoms with Crippen molar-refractivity contribution in [2.75, 3.05) is 0 Å². The number of para-hydroxylation sites is 1. The lowest BCUT2D eigenvalue weighted by atomic mass is 10.1. The van der Waals surface area contributed by atoms with Crippen LogP contribution in [0.1, 0.15) is 51.0 Å². The Kier molecular flexibility index (Phi) is 5.45. The zero-order valence-electron chi connectivity index (χ0n) is 12.5. The van der Waals surface area contributed by atoms with Gasteiger partial charge in [0.1, 0.15) is 5.75 Å². The van der Waals surface area contributed by atoms with Gasteiger partial charge in [0.05, 0.1) is 0 Å². The molecule has 2 rings (SSSR count). The standard InChI is InChI=1S/C17H25NO2/c1-13-9-7-8-12-16(13)20-14(2)17(19)18-15-10-5-3-4-6-11-15/h7-9,12,14-15H,3-6,10-11H2,1-2H3,(H,18,19). The second kappa shape index (κ2) is 7.32. The third kappa shape index (κ3) is 4.26. The van der Waals surface area contributed by atoms with E-state index in [1.54, 1.807) is 0 Å². The van der Waals surface area contributed by atoms with Gasteiger partial charge in [0.2, 0.25) is 0 Å². The predicted molar refractivity (Wildman–Crippen MR) is 80.9 cm³/mol. The van der Waals surface area contributed by atoms with E-state index in [2.05, 4.69) is 5.32 Å². The first-order valence-electron chi connectivity index (χ1n) is 7.69. The highest BCUT2D eigenvalue weighted by Gasteiger charge is 2.20. The number of hydrogen-bond donors (Lipinski definition) is 1. The average molecular weight is 275 g/mol. The Morgan fingerprint density at radius 2 is 1.85 bits per heavy atom. The molecule has 3 nitrogen and oxygen atoms in total. The molecule has 0 aliphatic heterocycles. The molecule has 1 aromatic carbocycles. The topological polar surface area (TPSA) is 38.3 Å². The third-order valence-electron chi connectivity index (χ3n) is 3.97. The molecule has 3 heteroatoms. The molecule has 1 saturated carbocycles. The highest BCUT2D eigenvalue weighted by Crippen LogP contribution is 2.19. The molecular formula is C17H25NO2. The summed E-state index contributed by atoms with van der Waals surface area (Å²) in [4.78, 5) is 12.2. The van der Waals surface area contributed by atoms with Gasteiger partial charge in [-0.3, -0.25) is 4.79 Å². The third-order valence-corrected chi connectivity index (χ3v) is 3.97. The summed E-state index contributed by atoms with van der Waals surface area (Å²) in [5.41, 5.74) is 1.06. The van der Waals surface area contributed by atoms with Crippen LogP contribution in [0, 0.1) is 6.92 Å². The monoisotopic (exact) mass is 275 g/mol. The van der Waals surface area contributed by atoms with E-state index in [-0.39, 0.29) is 5.91 Å². The summed E-state index contributed by atoms with van der Waals surface area (Å²) >= 11 is 0. The maximum Gasteiger partial charge on any atom is 0.260 e. The van der Waals surface area contributed by atoms with Crippen LogP contribution in [-0.2, 0) is 4.79 Å². The van der Waals surface area contributed by atoms with E-state index in [0.717, 1.165) is 24.2 Å². The second-order valence-electron chi connectivity index (χ2n) is 5.72. The van der Waals surface area contributed by atoms with Crippen LogP contribution in [0.15, 0.2) is 24.3 Å². The van der Waals surface area contributed by atoms with E-state index < -0.39 is 6.10 Å². The molecule has 20 heavy (non-hydrogen) atoms. The fourth-order valence-corrected chi connectivity index (χ4v) is 2.67. The number of hydrogen-bond acceptors (Lipinski definition) is 2. The number of ether oxygens (including phenoxy) is 1. The quantitative estimate of drug-likeness (QED) is 0.853. The lowest BCUT2D eigenvalue weighted by molar-refractivity contribution is -0.128. The van der Waals surface area contributed by atoms with Gasteiger partial charge in [0.25, 0.3) is 5.91 Å². The van der Waals surface area contributed by atoms with E-state index in [0.29, 0.717) is 6.04 Å². The first kappa shape index (κ1) is 14.9. The van der Waals surface area contributed by atoms with E-state index in [9.17, 15) is 4.79 Å². The first-order valence-corrected chi connectivity index (χ1v) is 7.69. The van der Waals surface area contributed by atoms with Crippen LogP contribution in [0.5, 0.6) is 5.75 Å². The Morgan fingerprint density at radius 3 is 2.50 bits per heavy atom. The van der Waals surface area contributed by atoms with Gasteiger partial charge in [-0.1, -0.05) is 43.9 Å². The van der Waals surface area contributed by atoms with E-state index in [4.69, 9.17) is 4.74 Å². The van der Waals surface area contributed by atoms with Crippen molar-refractivity contribution >= 4 is 5.91 Å². The molecule has 1 unspecified atom stereocenters. The van der Waals surface area contributed by atoms with Crippen molar-refractivity contribution in [1.82, 2.24) is 5.32 Å². The fourth-order valence-electron chi connectivity index (χ4n) is 2.67. The summed E-state index contributed by atoms with van der Waals surface area (Å²) in [5, 5.41) is 3.13. The molecule has 1 aliphatic carbocycles. The maximum absolute atomic E-state index is 12.2. The highest BCUT2D eigenvalue weighted by atomic mass is 16.5. The van der Waals surface area contributed by atoms with Crippen molar-refractivity contribution in [3.8, 4) is 5.75 Å². The van der Waals surface area contributed by atoms with Gasteiger partial charge < -0.3 is 10.1 Å². The molecule has 0 saturated heterocycles. The van der Waals surface area contributed by atoms with Crippen LogP contribution in [0.4, 0.5) is 0 Å². The molecular weight excluding hydrogens is 250 g/mol. The highest BCUT2D eigenvalue weighted by molar-refractivity contribution is 5.81. The summed E-state index contributed by atoms with van der Waals surface area (Å²) in [6.07, 6.45) is 6.78. The molecule has 110 valence electrons. The van der Waals surface area contributed by atoms with Gasteiger partial charge in [0.15, 0.2) is 6.10 Å². The number of carbonyl (C=O) groups excluding carboxylic acids is 1. The number of rotatable bonds is 4. The molecule has 1 fully saturated rings. The van der Waals surface area contributed by atoms with Crippen molar-refractivity contribution in [2.24, 2.45) is 0 Å². The minimum Gasteiger partial charge on any atom is -0.481 e. The fraction of sp³-hybridized carbons (Fsp3) is 0.588. The SMILES string of the molecule is Cc1ccccc1OC(C)C(=O)NC1CCCCCC1. The normalized spacial score (nSPS) is 18.1. The summed E-state index contributed by atoms with van der Waals surface area (Å²) in [5.74, 6) is 0.788. The summed E-state index contributed by atoms with van der Waals surface area (Å²) in [6.45, 7) is 3.81. The molecule has 1 amide bonds. The summed E-state index contributed by atoms with van der Waals surface area (Å²) in [7, 11) is 0. The lowest BCUT2D eigenvalue weighted by Gasteiger charge is -2.21. The second-order valence-corrected chi connectivity index (χ2v) is 5.72. The number of aryl methyl sites for hydroxylation is 1. The molecule has 0 aromatic heterocycles. The number of amides is 1. The molecule has 1 aromatic rings. The molecule has 0 bridgehead atoms. The van der Waals surface area contributed by atoms with Gasteiger partial charge >= 0.3 is 0 Å². The van der Waals surface area contributed by atoms with E-state index in [1.165, 1.54) is 25.7 Å². The van der Waals surface area contributed by atoms with Crippen molar-refractivity contribution in [2.45, 2.75) is 64.5 Å². The van der Waals surface area contributed by atoms with Crippen molar-refractivity contribution in [1.29, 1.82) is 0 Å². The largest absolute Gasteiger partial charge is 0.481 e. The minimum absolute atomic E-state index is 0.000142. The average Bonchev–Trinajstić information content (AvgIpc) is 2.70. The maximum atomic E-state index is 12.2. The zero-order chi connectivity index (χ0) is 14.4. The Morgan fingerprint density at radius 1 is 1.20 bits per heavy atom. The number of carbonyl (C=O) groups is 1. The van der Waals surface area contributed by atoms with Crippen molar-refractivity contribution in [3.05, 3.63) is 29.8 Å². The van der Waals surface area contributed by atoms with Crippen LogP contribution >= 0.6 is 0 Å². The smallest absolute Gasteiger partial charge is 0.260 e. The Labute approximate surface area is 121 Å². The number of nitrogens with one attached hydrogen (secondary N) is 1. The molecule has 1 aliphatic rings. The van der Waals surface area contributed by atoms with Crippen molar-refractivity contribution in [3.63, 3.8) is 0 Å². The lowest BCUT2D eigenvalue weighted by Crippen LogP contribution is -2.42. The van der Waals surface area contributed by atoms with Crippen LogP contribution in [0.3, 0.4) is 0 Å². The molecule has 1 atom stereocenters. The van der Waals surface area contributed by atoms with Crippen molar-refractivity contribution < 1.29 is 9.53 Å². The van der Waals surface area contributed by atoms with Gasteiger partial charge in [-0.05, 0) is 38.3 Å². The van der Waals surface area contributed by atoms with Gasteiger partial charge in [-0.15, -0.1) is 0 Å². The Balaban J connectivity index is 1.87. The Hall–Kier alpha value is -1.51. The molecule has 0 heterocycles. The molecule has 1 N–H and O–H groups in total. The van der Waals surface area contributed by atoms with Crippen LogP contribution < -0.4 is 10.1 Å². The molecule has 0 spiro atoms. The minimum atomic E-state index is -0.445. The van der Waals surface area contributed by atoms with Gasteiger partial charge in [-0.25, -0.2) is 0 Å². The predicted octanol–water partition coefficient (Wildman–Crippen LogP) is 3.60. The van der Waals surface area contributed by atoms with Crippen LogP contribution in [-0.4, -0.2) is 18.1 Å². The zero-order valence-corrected chi connectivity index (χ0v) is 12.5. The van der Waals surface area contributed by atoms with Gasteiger partial charge in [0, 0.05) is 6.04 Å². The number of benzene rings is 1. The van der Waals surface area contributed by atoms with Gasteiger partial charge in [-0.2, -0.15) is 0 Å².